The number of allylic oxidation sites excluding steroid dienone is 1. The summed E-state index contributed by atoms with van der Waals surface area (Å²) in [4.78, 5) is 19.4. The summed E-state index contributed by atoms with van der Waals surface area (Å²) in [6.45, 7) is 4.54. The summed E-state index contributed by atoms with van der Waals surface area (Å²) in [5, 5.41) is 0. The fourth-order valence-corrected chi connectivity index (χ4v) is 6.95. The summed E-state index contributed by atoms with van der Waals surface area (Å²) >= 11 is 0. The van der Waals surface area contributed by atoms with Crippen molar-refractivity contribution in [3.05, 3.63) is 53.1 Å². The summed E-state index contributed by atoms with van der Waals surface area (Å²) in [5.41, 5.74) is 2.79. The highest BCUT2D eigenvalue weighted by atomic mass is 19.2. The predicted octanol–water partition coefficient (Wildman–Crippen LogP) is 14.6. The van der Waals surface area contributed by atoms with Gasteiger partial charge in [-0.3, -0.25) is 4.79 Å². The molecule has 0 saturated heterocycles. The standard InChI is InChI=1S/C43H73BF2N2O2/c1-3-5-7-9-11-13-15-17-19-21-23-25-27-29-31-38-33-35-40(47-38)42(49)37-43(50-44(45)46)41-36-34-39(48-41)32-30-28-26-24-22-20-18-16-14-12-10-8-6-4-2/h33-37,47-48H,3-32H2,1-2H3/b43-37-. The highest BCUT2D eigenvalue weighted by Gasteiger charge is 2.22. The molecule has 4 nitrogen and oxygen atoms in total. The molecule has 50 heavy (non-hydrogen) atoms. The van der Waals surface area contributed by atoms with Crippen molar-refractivity contribution in [3.63, 3.8) is 0 Å². The van der Waals surface area contributed by atoms with Crippen LogP contribution in [0.25, 0.3) is 5.76 Å². The van der Waals surface area contributed by atoms with Gasteiger partial charge in [0.15, 0.2) is 0 Å². The molecule has 0 fully saturated rings. The van der Waals surface area contributed by atoms with Crippen LogP contribution in [0.5, 0.6) is 0 Å². The zero-order chi connectivity index (χ0) is 35.9. The predicted molar refractivity (Wildman–Crippen MR) is 211 cm³/mol. The SMILES string of the molecule is CCCCCCCCCCCCCCCCc1ccc(C(=O)/C=C(\OB(F)F)c2ccc(CCCCCCCCCCCCCCCC)[nH]2)[nH]1. The first-order chi connectivity index (χ1) is 24.5. The van der Waals surface area contributed by atoms with Crippen LogP contribution in [-0.2, 0) is 17.5 Å². The van der Waals surface area contributed by atoms with Crippen LogP contribution in [0, 0.1) is 0 Å². The molecule has 2 heterocycles. The zero-order valence-corrected chi connectivity index (χ0v) is 32.2. The van der Waals surface area contributed by atoms with Crippen molar-refractivity contribution < 1.29 is 18.1 Å². The average Bonchev–Trinajstić information content (AvgIpc) is 3.78. The van der Waals surface area contributed by atoms with E-state index in [-0.39, 0.29) is 11.5 Å². The molecule has 0 amide bonds. The molecule has 0 bridgehead atoms. The van der Waals surface area contributed by atoms with Crippen molar-refractivity contribution in [1.82, 2.24) is 9.97 Å². The normalized spacial score (nSPS) is 11.8. The molecule has 0 aliphatic rings. The van der Waals surface area contributed by atoms with E-state index in [0.717, 1.165) is 43.5 Å². The van der Waals surface area contributed by atoms with Gasteiger partial charge in [0.2, 0.25) is 5.78 Å². The van der Waals surface area contributed by atoms with Crippen LogP contribution in [0.1, 0.15) is 221 Å². The van der Waals surface area contributed by atoms with Crippen molar-refractivity contribution in [1.29, 1.82) is 0 Å². The number of carbonyl (C=O) groups excluding carboxylic acids is 1. The fourth-order valence-electron chi connectivity index (χ4n) is 6.95. The summed E-state index contributed by atoms with van der Waals surface area (Å²) in [6.07, 6.45) is 39.9. The zero-order valence-electron chi connectivity index (χ0n) is 32.2. The van der Waals surface area contributed by atoms with Gasteiger partial charge >= 0.3 is 7.47 Å². The number of unbranched alkanes of at least 4 members (excludes halogenated alkanes) is 26. The van der Waals surface area contributed by atoms with E-state index in [1.165, 1.54) is 167 Å². The average molecular weight is 699 g/mol. The van der Waals surface area contributed by atoms with Crippen LogP contribution in [0.2, 0.25) is 0 Å². The third-order valence-corrected chi connectivity index (χ3v) is 10.1. The number of halogens is 2. The molecule has 0 aliphatic heterocycles. The van der Waals surface area contributed by atoms with Gasteiger partial charge in [-0.2, -0.15) is 0 Å². The molecule has 0 saturated carbocycles. The molecule has 7 heteroatoms. The Morgan fingerprint density at radius 2 is 0.840 bits per heavy atom. The lowest BCUT2D eigenvalue weighted by molar-refractivity contribution is 0.104. The Balaban J connectivity index is 1.61. The number of aromatic nitrogens is 2. The highest BCUT2D eigenvalue weighted by Crippen LogP contribution is 2.21. The Kier molecular flexibility index (Phi) is 26.6. The second-order valence-corrected chi connectivity index (χ2v) is 14.7. The summed E-state index contributed by atoms with van der Waals surface area (Å²) in [7, 11) is -3.01. The molecule has 0 aliphatic carbocycles. The topological polar surface area (TPSA) is 57.9 Å². The summed E-state index contributed by atoms with van der Waals surface area (Å²) in [5.74, 6) is -0.490. The third kappa shape index (κ3) is 22.5. The maximum atomic E-state index is 13.3. The van der Waals surface area contributed by atoms with Crippen LogP contribution in [0.15, 0.2) is 30.3 Å². The monoisotopic (exact) mass is 699 g/mol. The fraction of sp³-hybridized carbons (Fsp3) is 0.744. The smallest absolute Gasteiger partial charge is 0.503 e. The number of hydrogen-bond donors (Lipinski definition) is 2. The molecule has 284 valence electrons. The lowest BCUT2D eigenvalue weighted by atomic mass is 10.0. The van der Waals surface area contributed by atoms with Gasteiger partial charge in [0.25, 0.3) is 0 Å². The minimum Gasteiger partial charge on any atom is -0.503 e. The number of aryl methyl sites for hydroxylation is 2. The van der Waals surface area contributed by atoms with Crippen LogP contribution in [-0.4, -0.2) is 23.2 Å². The molecule has 0 aromatic carbocycles. The van der Waals surface area contributed by atoms with Gasteiger partial charge in [0.05, 0.1) is 11.4 Å². The van der Waals surface area contributed by atoms with Gasteiger partial charge in [0.1, 0.15) is 5.76 Å². The summed E-state index contributed by atoms with van der Waals surface area (Å²) < 4.78 is 31.4. The van der Waals surface area contributed by atoms with Crippen LogP contribution < -0.4 is 0 Å². The van der Waals surface area contributed by atoms with Crippen molar-refractivity contribution in [2.24, 2.45) is 0 Å². The first-order valence-corrected chi connectivity index (χ1v) is 21.1. The van der Waals surface area contributed by atoms with E-state index < -0.39 is 7.47 Å². The number of H-pyrrole nitrogens is 2. The first-order valence-electron chi connectivity index (χ1n) is 21.1. The van der Waals surface area contributed by atoms with Gasteiger partial charge < -0.3 is 14.6 Å². The van der Waals surface area contributed by atoms with E-state index in [2.05, 4.69) is 23.8 Å². The lowest BCUT2D eigenvalue weighted by Gasteiger charge is -2.07. The Labute approximate surface area is 306 Å². The minimum absolute atomic E-state index is 0.125. The van der Waals surface area contributed by atoms with Gasteiger partial charge in [-0.05, 0) is 49.9 Å². The quantitative estimate of drug-likeness (QED) is 0.0247. The number of carbonyl (C=O) groups is 1. The van der Waals surface area contributed by atoms with Crippen LogP contribution in [0.3, 0.4) is 0 Å². The maximum Gasteiger partial charge on any atom is 0.796 e. The Bertz CT molecular complexity index is 1110. The van der Waals surface area contributed by atoms with Gasteiger partial charge in [-0.25, -0.2) is 8.63 Å². The minimum atomic E-state index is -3.01. The van der Waals surface area contributed by atoms with E-state index in [0.29, 0.717) is 11.4 Å². The lowest BCUT2D eigenvalue weighted by Crippen LogP contribution is -2.07. The number of ketones is 1. The molecular formula is C43H73BF2N2O2. The Morgan fingerprint density at radius 1 is 0.520 bits per heavy atom. The Hall–Kier alpha value is -2.31. The molecule has 0 atom stereocenters. The van der Waals surface area contributed by atoms with E-state index in [4.69, 9.17) is 4.65 Å². The van der Waals surface area contributed by atoms with Gasteiger partial charge in [0, 0.05) is 17.5 Å². The molecule has 0 unspecified atom stereocenters. The summed E-state index contributed by atoms with van der Waals surface area (Å²) in [6, 6.07) is 7.32. The first kappa shape index (κ1) is 43.9. The third-order valence-electron chi connectivity index (χ3n) is 10.1. The number of hydrogen-bond acceptors (Lipinski definition) is 2. The van der Waals surface area contributed by atoms with Gasteiger partial charge in [-0.1, -0.05) is 181 Å². The van der Waals surface area contributed by atoms with E-state index in [9.17, 15) is 13.4 Å². The second-order valence-electron chi connectivity index (χ2n) is 14.7. The number of aromatic amines is 2. The highest BCUT2D eigenvalue weighted by molar-refractivity contribution is 6.36. The van der Waals surface area contributed by atoms with Crippen molar-refractivity contribution >= 4 is 19.0 Å². The molecular weight excluding hydrogens is 625 g/mol. The molecule has 2 N–H and O–H groups in total. The molecule has 0 radical (unpaired) electrons. The van der Waals surface area contributed by atoms with Gasteiger partial charge in [-0.15, -0.1) is 0 Å². The number of nitrogens with one attached hydrogen (secondary N) is 2. The van der Waals surface area contributed by atoms with E-state index in [1.54, 1.807) is 12.1 Å². The molecule has 2 aromatic heterocycles. The second kappa shape index (κ2) is 30.3. The Morgan fingerprint density at radius 3 is 1.20 bits per heavy atom. The largest absolute Gasteiger partial charge is 0.796 e. The molecule has 2 rings (SSSR count). The number of rotatable bonds is 35. The van der Waals surface area contributed by atoms with E-state index >= 15 is 0 Å². The van der Waals surface area contributed by atoms with Crippen molar-refractivity contribution in [2.45, 2.75) is 206 Å². The van der Waals surface area contributed by atoms with Crippen molar-refractivity contribution in [2.75, 3.05) is 0 Å². The molecule has 0 spiro atoms. The van der Waals surface area contributed by atoms with Crippen LogP contribution >= 0.6 is 0 Å². The van der Waals surface area contributed by atoms with E-state index in [1.807, 2.05) is 12.1 Å². The molecule has 2 aromatic rings. The van der Waals surface area contributed by atoms with Crippen molar-refractivity contribution in [3.8, 4) is 0 Å². The van der Waals surface area contributed by atoms with Crippen LogP contribution in [0.4, 0.5) is 8.63 Å². The maximum absolute atomic E-state index is 13.3.